The van der Waals surface area contributed by atoms with Gasteiger partial charge in [0.05, 0.1) is 13.0 Å². The number of hydrogen-bond donors (Lipinski definition) is 1. The van der Waals surface area contributed by atoms with Crippen LogP contribution in [0.1, 0.15) is 44.1 Å². The van der Waals surface area contributed by atoms with Gasteiger partial charge in [-0.3, -0.25) is 4.79 Å². The topological polar surface area (TPSA) is 38.3 Å². The van der Waals surface area contributed by atoms with Gasteiger partial charge in [0, 0.05) is 6.54 Å². The Morgan fingerprint density at radius 2 is 1.95 bits per heavy atom. The largest absolute Gasteiger partial charge is 0.469 e. The summed E-state index contributed by atoms with van der Waals surface area (Å²) < 4.78 is 4.88. The summed E-state index contributed by atoms with van der Waals surface area (Å²) in [5.74, 6) is -0.385. The summed E-state index contributed by atoms with van der Waals surface area (Å²) in [5.41, 5.74) is 1.01. The van der Waals surface area contributed by atoms with E-state index in [1.165, 1.54) is 26.4 Å². The third kappa shape index (κ3) is 5.88. The number of esters is 1. The first-order chi connectivity index (χ1) is 9.29. The van der Waals surface area contributed by atoms with E-state index in [9.17, 15) is 4.79 Å². The number of unbranched alkanes of at least 4 members (excludes halogenated alkanes) is 3. The van der Waals surface area contributed by atoms with Crippen LogP contribution in [0.5, 0.6) is 0 Å². The molecule has 1 aromatic carbocycles. The Bertz CT molecular complexity index is 351. The van der Waals surface area contributed by atoms with Crippen LogP contribution in [0.15, 0.2) is 30.3 Å². The molecule has 106 valence electrons. The van der Waals surface area contributed by atoms with Crippen LogP contribution >= 0.6 is 0 Å². The van der Waals surface area contributed by atoms with Crippen molar-refractivity contribution in [3.05, 3.63) is 35.9 Å². The minimum absolute atomic E-state index is 0.174. The molecule has 19 heavy (non-hydrogen) atoms. The number of carbonyl (C=O) groups excluding carboxylic acids is 1. The lowest BCUT2D eigenvalue weighted by molar-refractivity contribution is -0.142. The van der Waals surface area contributed by atoms with Crippen molar-refractivity contribution in [1.82, 2.24) is 5.32 Å². The highest BCUT2D eigenvalue weighted by Gasteiger charge is 2.20. The van der Waals surface area contributed by atoms with E-state index < -0.39 is 0 Å². The van der Waals surface area contributed by atoms with Crippen LogP contribution in [0.4, 0.5) is 0 Å². The standard InChI is InChI=1S/C16H25NO2/c1-3-4-5-9-12-17-13-15(16(18)19-2)14-10-7-6-8-11-14/h6-8,10-11,15,17H,3-5,9,12-13H2,1-2H3. The molecule has 3 nitrogen and oxygen atoms in total. The Kier molecular flexibility index (Phi) is 7.91. The molecule has 1 N–H and O–H groups in total. The monoisotopic (exact) mass is 263 g/mol. The minimum atomic E-state index is -0.211. The molecule has 0 saturated heterocycles. The number of ether oxygens (including phenoxy) is 1. The number of nitrogens with one attached hydrogen (secondary N) is 1. The van der Waals surface area contributed by atoms with Gasteiger partial charge in [0.25, 0.3) is 0 Å². The van der Waals surface area contributed by atoms with Crippen LogP contribution in [-0.2, 0) is 9.53 Å². The summed E-state index contributed by atoms with van der Waals surface area (Å²) in [6, 6.07) is 9.80. The van der Waals surface area contributed by atoms with E-state index in [0.29, 0.717) is 6.54 Å². The fourth-order valence-electron chi connectivity index (χ4n) is 2.09. The second-order valence-corrected chi connectivity index (χ2v) is 4.75. The molecule has 1 aromatic rings. The second-order valence-electron chi connectivity index (χ2n) is 4.75. The van der Waals surface area contributed by atoms with Crippen LogP contribution in [0.25, 0.3) is 0 Å². The third-order valence-corrected chi connectivity index (χ3v) is 3.24. The van der Waals surface area contributed by atoms with Crippen molar-refractivity contribution in [2.45, 2.75) is 38.5 Å². The fourth-order valence-corrected chi connectivity index (χ4v) is 2.09. The van der Waals surface area contributed by atoms with Crippen LogP contribution in [-0.4, -0.2) is 26.2 Å². The molecule has 1 unspecified atom stereocenters. The highest BCUT2D eigenvalue weighted by atomic mass is 16.5. The van der Waals surface area contributed by atoms with Crippen molar-refractivity contribution in [3.8, 4) is 0 Å². The van der Waals surface area contributed by atoms with Crippen molar-refractivity contribution in [1.29, 1.82) is 0 Å². The van der Waals surface area contributed by atoms with Crippen molar-refractivity contribution in [3.63, 3.8) is 0 Å². The Balaban J connectivity index is 2.41. The molecule has 1 atom stereocenters. The second kappa shape index (κ2) is 9.56. The Morgan fingerprint density at radius 3 is 2.58 bits per heavy atom. The van der Waals surface area contributed by atoms with Crippen LogP contribution in [0.3, 0.4) is 0 Å². The molecule has 0 aromatic heterocycles. The quantitative estimate of drug-likeness (QED) is 0.549. The van der Waals surface area contributed by atoms with Crippen LogP contribution in [0, 0.1) is 0 Å². The van der Waals surface area contributed by atoms with Gasteiger partial charge in [-0.05, 0) is 18.5 Å². The van der Waals surface area contributed by atoms with Gasteiger partial charge in [-0.2, -0.15) is 0 Å². The average molecular weight is 263 g/mol. The first kappa shape index (κ1) is 15.7. The normalized spacial score (nSPS) is 12.1. The molecule has 0 fully saturated rings. The lowest BCUT2D eigenvalue weighted by Crippen LogP contribution is -2.28. The lowest BCUT2D eigenvalue weighted by Gasteiger charge is -2.15. The van der Waals surface area contributed by atoms with E-state index in [1.807, 2.05) is 30.3 Å². The SMILES string of the molecule is CCCCCCNCC(C(=O)OC)c1ccccc1. The van der Waals surface area contributed by atoms with E-state index in [4.69, 9.17) is 4.74 Å². The Hall–Kier alpha value is -1.35. The molecule has 0 radical (unpaired) electrons. The maximum atomic E-state index is 11.8. The summed E-state index contributed by atoms with van der Waals surface area (Å²) >= 11 is 0. The smallest absolute Gasteiger partial charge is 0.314 e. The maximum absolute atomic E-state index is 11.8. The van der Waals surface area contributed by atoms with Crippen molar-refractivity contribution >= 4 is 5.97 Å². The molecule has 0 spiro atoms. The molecule has 0 aliphatic heterocycles. The van der Waals surface area contributed by atoms with E-state index in [-0.39, 0.29) is 11.9 Å². The van der Waals surface area contributed by atoms with E-state index >= 15 is 0 Å². The van der Waals surface area contributed by atoms with Crippen LogP contribution < -0.4 is 5.32 Å². The zero-order valence-corrected chi connectivity index (χ0v) is 12.0. The number of benzene rings is 1. The van der Waals surface area contributed by atoms with Gasteiger partial charge in [0.1, 0.15) is 0 Å². The molecule has 0 aliphatic carbocycles. The molecular formula is C16H25NO2. The van der Waals surface area contributed by atoms with Gasteiger partial charge in [0.15, 0.2) is 0 Å². The fraction of sp³-hybridized carbons (Fsp3) is 0.562. The van der Waals surface area contributed by atoms with Crippen molar-refractivity contribution < 1.29 is 9.53 Å². The van der Waals surface area contributed by atoms with E-state index in [1.54, 1.807) is 0 Å². The van der Waals surface area contributed by atoms with E-state index in [2.05, 4.69) is 12.2 Å². The molecule has 0 aliphatic rings. The average Bonchev–Trinajstić information content (AvgIpc) is 2.47. The molecule has 1 rings (SSSR count). The highest BCUT2D eigenvalue weighted by Crippen LogP contribution is 2.16. The highest BCUT2D eigenvalue weighted by molar-refractivity contribution is 5.78. The molecule has 0 heterocycles. The molecular weight excluding hydrogens is 238 g/mol. The zero-order valence-electron chi connectivity index (χ0n) is 12.0. The first-order valence-electron chi connectivity index (χ1n) is 7.13. The lowest BCUT2D eigenvalue weighted by atomic mass is 9.99. The molecule has 0 amide bonds. The van der Waals surface area contributed by atoms with Gasteiger partial charge < -0.3 is 10.1 Å². The summed E-state index contributed by atoms with van der Waals surface area (Å²) in [6.07, 6.45) is 4.93. The minimum Gasteiger partial charge on any atom is -0.469 e. The predicted molar refractivity (Wildman–Crippen MR) is 78.2 cm³/mol. The maximum Gasteiger partial charge on any atom is 0.314 e. The molecule has 0 bridgehead atoms. The summed E-state index contributed by atoms with van der Waals surface area (Å²) in [7, 11) is 1.44. The van der Waals surface area contributed by atoms with Gasteiger partial charge in [-0.25, -0.2) is 0 Å². The number of methoxy groups -OCH3 is 1. The zero-order chi connectivity index (χ0) is 13.9. The van der Waals surface area contributed by atoms with Gasteiger partial charge in [-0.15, -0.1) is 0 Å². The molecule has 3 heteroatoms. The van der Waals surface area contributed by atoms with Crippen molar-refractivity contribution in [2.75, 3.05) is 20.2 Å². The van der Waals surface area contributed by atoms with Gasteiger partial charge >= 0.3 is 5.97 Å². The first-order valence-corrected chi connectivity index (χ1v) is 7.13. The van der Waals surface area contributed by atoms with Crippen LogP contribution in [0.2, 0.25) is 0 Å². The summed E-state index contributed by atoms with van der Waals surface area (Å²) in [5, 5.41) is 3.36. The van der Waals surface area contributed by atoms with E-state index in [0.717, 1.165) is 18.5 Å². The number of rotatable bonds is 9. The Labute approximate surface area is 116 Å². The molecule has 0 saturated carbocycles. The van der Waals surface area contributed by atoms with Crippen molar-refractivity contribution in [2.24, 2.45) is 0 Å². The van der Waals surface area contributed by atoms with Gasteiger partial charge in [0.2, 0.25) is 0 Å². The third-order valence-electron chi connectivity index (χ3n) is 3.24. The summed E-state index contributed by atoms with van der Waals surface area (Å²) in [6.45, 7) is 3.80. The number of carbonyl (C=O) groups is 1. The number of hydrogen-bond acceptors (Lipinski definition) is 3. The van der Waals surface area contributed by atoms with Gasteiger partial charge in [-0.1, -0.05) is 56.5 Å². The predicted octanol–water partition coefficient (Wildman–Crippen LogP) is 3.11. The summed E-state index contributed by atoms with van der Waals surface area (Å²) in [4.78, 5) is 11.8. The Morgan fingerprint density at radius 1 is 1.21 bits per heavy atom.